The maximum atomic E-state index is 12.9. The molecule has 4 heteroatoms. The fourth-order valence-electron chi connectivity index (χ4n) is 2.00. The third-order valence-corrected chi connectivity index (χ3v) is 3.06. The molecular weight excluding hydrogens is 255 g/mol. The van der Waals surface area contributed by atoms with Crippen molar-refractivity contribution in [2.75, 3.05) is 0 Å². The molecule has 2 aromatic rings. The van der Waals surface area contributed by atoms with Crippen LogP contribution in [0.1, 0.15) is 42.5 Å². The van der Waals surface area contributed by atoms with E-state index in [-0.39, 0.29) is 11.6 Å². The lowest BCUT2D eigenvalue weighted by molar-refractivity contribution is 0.0847. The molecule has 0 atom stereocenters. The SMILES string of the molecule is Cc1cc(C(=O)C(C)(C)C)n(Cc2ccc(F)cc2)n1. The van der Waals surface area contributed by atoms with Gasteiger partial charge in [-0.25, -0.2) is 4.39 Å². The van der Waals surface area contributed by atoms with Gasteiger partial charge in [-0.3, -0.25) is 9.48 Å². The van der Waals surface area contributed by atoms with Crippen LogP contribution in [0.4, 0.5) is 4.39 Å². The van der Waals surface area contributed by atoms with Crippen LogP contribution in [0.25, 0.3) is 0 Å². The van der Waals surface area contributed by atoms with Crippen molar-refractivity contribution in [2.24, 2.45) is 5.41 Å². The molecule has 1 heterocycles. The van der Waals surface area contributed by atoms with Gasteiger partial charge >= 0.3 is 0 Å². The highest BCUT2D eigenvalue weighted by Gasteiger charge is 2.26. The minimum absolute atomic E-state index is 0.0558. The first-order valence-corrected chi connectivity index (χ1v) is 6.61. The van der Waals surface area contributed by atoms with E-state index in [9.17, 15) is 9.18 Å². The number of benzene rings is 1. The summed E-state index contributed by atoms with van der Waals surface area (Å²) in [6, 6.07) is 8.04. The van der Waals surface area contributed by atoms with Crippen molar-refractivity contribution in [3.63, 3.8) is 0 Å². The van der Waals surface area contributed by atoms with Gasteiger partial charge in [0.25, 0.3) is 0 Å². The van der Waals surface area contributed by atoms with Crippen LogP contribution in [0.5, 0.6) is 0 Å². The summed E-state index contributed by atoms with van der Waals surface area (Å²) in [5, 5.41) is 4.37. The van der Waals surface area contributed by atoms with Crippen LogP contribution in [-0.2, 0) is 6.54 Å². The zero-order valence-electron chi connectivity index (χ0n) is 12.3. The van der Waals surface area contributed by atoms with Crippen LogP contribution in [0.2, 0.25) is 0 Å². The Bertz CT molecular complexity index is 621. The van der Waals surface area contributed by atoms with E-state index < -0.39 is 5.41 Å². The van der Waals surface area contributed by atoms with Gasteiger partial charge in [-0.05, 0) is 30.7 Å². The Morgan fingerprint density at radius 2 is 1.85 bits per heavy atom. The fourth-order valence-corrected chi connectivity index (χ4v) is 2.00. The van der Waals surface area contributed by atoms with E-state index in [1.807, 2.05) is 27.7 Å². The molecule has 0 amide bonds. The molecule has 0 aliphatic carbocycles. The van der Waals surface area contributed by atoms with E-state index in [0.717, 1.165) is 11.3 Å². The first kappa shape index (κ1) is 14.4. The van der Waals surface area contributed by atoms with Crippen molar-refractivity contribution >= 4 is 5.78 Å². The molecule has 106 valence electrons. The molecule has 0 N–H and O–H groups in total. The molecule has 0 spiro atoms. The van der Waals surface area contributed by atoms with Gasteiger partial charge in [0.15, 0.2) is 5.78 Å². The fraction of sp³-hybridized carbons (Fsp3) is 0.375. The van der Waals surface area contributed by atoms with E-state index >= 15 is 0 Å². The van der Waals surface area contributed by atoms with E-state index in [2.05, 4.69) is 5.10 Å². The normalized spacial score (nSPS) is 11.7. The molecule has 0 saturated heterocycles. The Balaban J connectivity index is 2.33. The molecule has 3 nitrogen and oxygen atoms in total. The number of hydrogen-bond acceptors (Lipinski definition) is 2. The summed E-state index contributed by atoms with van der Waals surface area (Å²) < 4.78 is 14.6. The number of aromatic nitrogens is 2. The zero-order valence-corrected chi connectivity index (χ0v) is 12.3. The summed E-state index contributed by atoms with van der Waals surface area (Å²) in [5.74, 6) is -0.211. The summed E-state index contributed by atoms with van der Waals surface area (Å²) in [7, 11) is 0. The number of rotatable bonds is 3. The molecule has 0 aliphatic heterocycles. The second-order valence-electron chi connectivity index (χ2n) is 6.03. The van der Waals surface area contributed by atoms with Crippen molar-refractivity contribution in [3.05, 3.63) is 53.1 Å². The van der Waals surface area contributed by atoms with E-state index in [1.165, 1.54) is 12.1 Å². The predicted molar refractivity (Wildman–Crippen MR) is 76.3 cm³/mol. The number of aryl methyl sites for hydroxylation is 1. The van der Waals surface area contributed by atoms with E-state index in [4.69, 9.17) is 0 Å². The van der Waals surface area contributed by atoms with Gasteiger partial charge in [0, 0.05) is 5.41 Å². The Hall–Kier alpha value is -1.97. The second kappa shape index (κ2) is 5.19. The Morgan fingerprint density at radius 1 is 1.25 bits per heavy atom. The first-order valence-electron chi connectivity index (χ1n) is 6.61. The van der Waals surface area contributed by atoms with Crippen LogP contribution in [0.15, 0.2) is 30.3 Å². The minimum atomic E-state index is -0.451. The highest BCUT2D eigenvalue weighted by atomic mass is 19.1. The van der Waals surface area contributed by atoms with Crippen molar-refractivity contribution in [2.45, 2.75) is 34.2 Å². The van der Waals surface area contributed by atoms with Gasteiger partial charge < -0.3 is 0 Å². The van der Waals surface area contributed by atoms with Crippen LogP contribution >= 0.6 is 0 Å². The van der Waals surface area contributed by atoms with Crippen LogP contribution in [-0.4, -0.2) is 15.6 Å². The Labute approximate surface area is 118 Å². The standard InChI is InChI=1S/C16H19FN2O/c1-11-9-14(15(20)16(2,3)4)19(18-11)10-12-5-7-13(17)8-6-12/h5-9H,10H2,1-4H3. The molecule has 0 bridgehead atoms. The summed E-state index contributed by atoms with van der Waals surface area (Å²) in [6.07, 6.45) is 0. The molecule has 2 rings (SSSR count). The van der Waals surface area contributed by atoms with Gasteiger partial charge in [-0.1, -0.05) is 32.9 Å². The smallest absolute Gasteiger partial charge is 0.186 e. The summed E-state index contributed by atoms with van der Waals surface area (Å²) in [6.45, 7) is 7.99. The lowest BCUT2D eigenvalue weighted by Crippen LogP contribution is -2.24. The molecule has 0 aliphatic rings. The van der Waals surface area contributed by atoms with Crippen LogP contribution < -0.4 is 0 Å². The van der Waals surface area contributed by atoms with Gasteiger partial charge in [-0.15, -0.1) is 0 Å². The maximum Gasteiger partial charge on any atom is 0.186 e. The number of carbonyl (C=O) groups is 1. The highest BCUT2D eigenvalue weighted by molar-refractivity contribution is 5.98. The van der Waals surface area contributed by atoms with E-state index in [0.29, 0.717) is 12.2 Å². The average molecular weight is 274 g/mol. The maximum absolute atomic E-state index is 12.9. The number of hydrogen-bond donors (Lipinski definition) is 0. The van der Waals surface area contributed by atoms with Crippen molar-refractivity contribution < 1.29 is 9.18 Å². The van der Waals surface area contributed by atoms with Crippen molar-refractivity contribution in [1.29, 1.82) is 0 Å². The molecule has 1 aromatic carbocycles. The number of carbonyl (C=O) groups excluding carboxylic acids is 1. The molecule has 0 saturated carbocycles. The summed E-state index contributed by atoms with van der Waals surface area (Å²) in [4.78, 5) is 12.4. The summed E-state index contributed by atoms with van der Waals surface area (Å²) in [5.41, 5.74) is 1.86. The van der Waals surface area contributed by atoms with Gasteiger partial charge in [0.05, 0.1) is 12.2 Å². The predicted octanol–water partition coefficient (Wildman–Crippen LogP) is 3.61. The minimum Gasteiger partial charge on any atom is -0.292 e. The number of ketones is 1. The average Bonchev–Trinajstić information content (AvgIpc) is 2.71. The van der Waals surface area contributed by atoms with Crippen molar-refractivity contribution in [1.82, 2.24) is 9.78 Å². The third kappa shape index (κ3) is 3.13. The molecular formula is C16H19FN2O. The lowest BCUT2D eigenvalue weighted by Gasteiger charge is -2.17. The number of nitrogens with zero attached hydrogens (tertiary/aromatic N) is 2. The lowest BCUT2D eigenvalue weighted by atomic mass is 9.89. The van der Waals surface area contributed by atoms with Gasteiger partial charge in [0.2, 0.25) is 0 Å². The van der Waals surface area contributed by atoms with Crippen molar-refractivity contribution in [3.8, 4) is 0 Å². The van der Waals surface area contributed by atoms with Crippen LogP contribution in [0, 0.1) is 18.2 Å². The summed E-state index contributed by atoms with van der Waals surface area (Å²) >= 11 is 0. The Kier molecular flexibility index (Phi) is 3.75. The largest absolute Gasteiger partial charge is 0.292 e. The van der Waals surface area contributed by atoms with E-state index in [1.54, 1.807) is 22.9 Å². The molecule has 0 radical (unpaired) electrons. The van der Waals surface area contributed by atoms with Gasteiger partial charge in [0.1, 0.15) is 11.5 Å². The molecule has 1 aromatic heterocycles. The topological polar surface area (TPSA) is 34.9 Å². The first-order chi connectivity index (χ1) is 9.27. The second-order valence-corrected chi connectivity index (χ2v) is 6.03. The highest BCUT2D eigenvalue weighted by Crippen LogP contribution is 2.22. The number of Topliss-reactive ketones (excluding diaryl/α,β-unsaturated/α-hetero) is 1. The molecule has 0 fully saturated rings. The Morgan fingerprint density at radius 3 is 2.40 bits per heavy atom. The third-order valence-electron chi connectivity index (χ3n) is 3.06. The van der Waals surface area contributed by atoms with Crippen LogP contribution in [0.3, 0.4) is 0 Å². The van der Waals surface area contributed by atoms with Gasteiger partial charge in [-0.2, -0.15) is 5.10 Å². The molecule has 0 unspecified atom stereocenters. The zero-order chi connectivity index (χ0) is 14.9. The molecule has 20 heavy (non-hydrogen) atoms. The number of halogens is 1. The monoisotopic (exact) mass is 274 g/mol. The quantitative estimate of drug-likeness (QED) is 0.801.